The maximum atomic E-state index is 13.1. The molecule has 0 aliphatic heterocycles. The van der Waals surface area contributed by atoms with E-state index in [1.807, 2.05) is 48.1 Å². The molecule has 1 atom stereocenters. The Balaban J connectivity index is 2.38. The van der Waals surface area contributed by atoms with Gasteiger partial charge in [-0.25, -0.2) is 0 Å². The molecule has 1 aromatic heterocycles. The first kappa shape index (κ1) is 19.1. The molecule has 1 heterocycles. The Morgan fingerprint density at radius 3 is 2.40 bits per heavy atom. The van der Waals surface area contributed by atoms with Crippen LogP contribution in [0.3, 0.4) is 0 Å². The molecule has 6 heteroatoms. The molecule has 0 saturated heterocycles. The number of carbonyl (C=O) groups is 1. The quantitative estimate of drug-likeness (QED) is 0.349. The average molecular weight is 375 g/mol. The normalized spacial score (nSPS) is 11.5. The molecule has 0 aliphatic carbocycles. The van der Waals surface area contributed by atoms with E-state index < -0.39 is 6.04 Å². The summed E-state index contributed by atoms with van der Waals surface area (Å²) in [6, 6.07) is 10.1. The summed E-state index contributed by atoms with van der Waals surface area (Å²) in [5, 5.41) is 3.65. The summed E-state index contributed by atoms with van der Waals surface area (Å²) in [5.41, 5.74) is 1.60. The van der Waals surface area contributed by atoms with E-state index in [0.29, 0.717) is 22.1 Å². The molecular formula is C19H21ClN3OS+. The fourth-order valence-electron chi connectivity index (χ4n) is 2.33. The van der Waals surface area contributed by atoms with Gasteiger partial charge in [0.25, 0.3) is 6.04 Å². The van der Waals surface area contributed by atoms with Gasteiger partial charge >= 0.3 is 0 Å². The van der Waals surface area contributed by atoms with Crippen LogP contribution in [0, 0.1) is 0 Å². The molecule has 0 spiro atoms. The lowest BCUT2D eigenvalue weighted by atomic mass is 10.0. The molecule has 25 heavy (non-hydrogen) atoms. The van der Waals surface area contributed by atoms with E-state index in [2.05, 4.69) is 11.9 Å². The smallest absolute Gasteiger partial charge is 0.270 e. The van der Waals surface area contributed by atoms with Gasteiger partial charge in [-0.05, 0) is 24.3 Å². The number of hydrogen-bond donors (Lipinski definition) is 1. The lowest BCUT2D eigenvalue weighted by Crippen LogP contribution is -2.51. The van der Waals surface area contributed by atoms with Gasteiger partial charge in [0.1, 0.15) is 0 Å². The minimum absolute atomic E-state index is 0.0965. The summed E-state index contributed by atoms with van der Waals surface area (Å²) in [6.07, 6.45) is 5.42. The van der Waals surface area contributed by atoms with Crippen molar-refractivity contribution in [2.45, 2.75) is 6.04 Å². The second-order valence-corrected chi connectivity index (χ2v) is 6.58. The Morgan fingerprint density at radius 2 is 1.88 bits per heavy atom. The Bertz CT molecular complexity index is 757. The first-order valence-corrected chi connectivity index (χ1v) is 8.59. The zero-order chi connectivity index (χ0) is 18.4. The molecule has 4 nitrogen and oxygen atoms in total. The molecule has 0 unspecified atom stereocenters. The molecule has 1 aromatic carbocycles. The fraction of sp³-hybridized carbons (Fsp3) is 0.211. The summed E-state index contributed by atoms with van der Waals surface area (Å²) in [4.78, 5) is 15.5. The molecule has 0 radical (unpaired) electrons. The second kappa shape index (κ2) is 8.74. The van der Waals surface area contributed by atoms with Crippen LogP contribution in [0.25, 0.3) is 0 Å². The van der Waals surface area contributed by atoms with Crippen LogP contribution in [-0.2, 0) is 0 Å². The number of rotatable bonds is 7. The predicted molar refractivity (Wildman–Crippen MR) is 107 cm³/mol. The van der Waals surface area contributed by atoms with Gasteiger partial charge in [0.15, 0.2) is 17.4 Å². The van der Waals surface area contributed by atoms with Crippen molar-refractivity contribution in [2.75, 3.05) is 25.5 Å². The number of benzene rings is 1. The average Bonchev–Trinajstić information content (AvgIpc) is 2.61. The Morgan fingerprint density at radius 1 is 1.28 bits per heavy atom. The van der Waals surface area contributed by atoms with Crippen molar-refractivity contribution in [3.63, 3.8) is 0 Å². The van der Waals surface area contributed by atoms with Crippen molar-refractivity contribution in [1.82, 2.24) is 5.32 Å². The van der Waals surface area contributed by atoms with Gasteiger partial charge < -0.3 is 10.2 Å². The fourth-order valence-corrected chi connectivity index (χ4v) is 2.77. The van der Waals surface area contributed by atoms with Crippen molar-refractivity contribution in [2.24, 2.45) is 0 Å². The summed E-state index contributed by atoms with van der Waals surface area (Å²) >= 11 is 11.4. The second-order valence-electron chi connectivity index (χ2n) is 5.71. The Hall–Kier alpha value is -2.24. The molecule has 0 saturated carbocycles. The van der Waals surface area contributed by atoms with Crippen LogP contribution < -0.4 is 14.8 Å². The lowest BCUT2D eigenvalue weighted by Gasteiger charge is -2.16. The minimum atomic E-state index is -0.632. The SMILES string of the molecule is C=CCNC(=S)[C@H](C(=O)c1ccc(Cl)cc1)[n+]1ccc(N(C)C)cc1. The van der Waals surface area contributed by atoms with Crippen molar-refractivity contribution in [3.8, 4) is 0 Å². The van der Waals surface area contributed by atoms with Crippen molar-refractivity contribution >= 4 is 40.3 Å². The zero-order valence-corrected chi connectivity index (χ0v) is 15.8. The van der Waals surface area contributed by atoms with Crippen molar-refractivity contribution in [1.29, 1.82) is 0 Å². The molecule has 0 fully saturated rings. The number of aromatic nitrogens is 1. The Kier molecular flexibility index (Phi) is 6.67. The van der Waals surface area contributed by atoms with E-state index in [4.69, 9.17) is 23.8 Å². The third-order valence-electron chi connectivity index (χ3n) is 3.70. The van der Waals surface area contributed by atoms with Gasteiger partial charge in [0, 0.05) is 49.0 Å². The number of thiocarbonyl (C=S) groups is 1. The van der Waals surface area contributed by atoms with Gasteiger partial charge in [-0.1, -0.05) is 29.9 Å². The van der Waals surface area contributed by atoms with Gasteiger partial charge in [-0.2, -0.15) is 4.57 Å². The number of pyridine rings is 1. The minimum Gasteiger partial charge on any atom is -0.377 e. The lowest BCUT2D eigenvalue weighted by molar-refractivity contribution is -0.692. The molecular weight excluding hydrogens is 354 g/mol. The van der Waals surface area contributed by atoms with Crippen LogP contribution in [0.15, 0.2) is 61.4 Å². The highest BCUT2D eigenvalue weighted by Crippen LogP contribution is 2.16. The topological polar surface area (TPSA) is 36.2 Å². The number of nitrogens with zero attached hydrogens (tertiary/aromatic N) is 2. The van der Waals surface area contributed by atoms with Crippen LogP contribution in [0.2, 0.25) is 5.02 Å². The number of carbonyl (C=O) groups excluding carboxylic acids is 1. The standard InChI is InChI=1S/C19H20ClN3OS/c1-4-11-21-19(25)17(18(24)14-5-7-15(20)8-6-14)23-12-9-16(10-13-23)22(2)3/h4-10,12-13,17H,1,11H2,2-3H3/p+1/t17-/m0/s1. The monoisotopic (exact) mass is 374 g/mol. The summed E-state index contributed by atoms with van der Waals surface area (Å²) in [7, 11) is 3.93. The number of hydrogen-bond acceptors (Lipinski definition) is 3. The zero-order valence-electron chi connectivity index (χ0n) is 14.3. The molecule has 1 N–H and O–H groups in total. The van der Waals surface area contributed by atoms with Crippen LogP contribution in [-0.4, -0.2) is 31.4 Å². The first-order valence-electron chi connectivity index (χ1n) is 7.80. The van der Waals surface area contributed by atoms with Crippen LogP contribution in [0.5, 0.6) is 0 Å². The van der Waals surface area contributed by atoms with E-state index in [1.165, 1.54) is 0 Å². The van der Waals surface area contributed by atoms with E-state index in [9.17, 15) is 4.79 Å². The highest BCUT2D eigenvalue weighted by atomic mass is 35.5. The third-order valence-corrected chi connectivity index (χ3v) is 4.32. The van der Waals surface area contributed by atoms with Crippen LogP contribution in [0.1, 0.15) is 16.4 Å². The number of ketones is 1. The maximum absolute atomic E-state index is 13.1. The van der Waals surface area contributed by atoms with Crippen molar-refractivity contribution in [3.05, 3.63) is 72.0 Å². The first-order chi connectivity index (χ1) is 11.9. The van der Waals surface area contributed by atoms with Gasteiger partial charge in [0.2, 0.25) is 5.78 Å². The summed E-state index contributed by atoms with van der Waals surface area (Å²) in [6.45, 7) is 4.17. The van der Waals surface area contributed by atoms with Crippen molar-refractivity contribution < 1.29 is 9.36 Å². The van der Waals surface area contributed by atoms with E-state index in [1.54, 1.807) is 30.3 Å². The van der Waals surface area contributed by atoms with E-state index in [-0.39, 0.29) is 5.78 Å². The number of Topliss-reactive ketones (excluding diaryl/α,β-unsaturated/α-hetero) is 1. The molecule has 0 amide bonds. The van der Waals surface area contributed by atoms with E-state index in [0.717, 1.165) is 5.69 Å². The Labute approximate surface area is 158 Å². The van der Waals surface area contributed by atoms with E-state index >= 15 is 0 Å². The number of nitrogens with one attached hydrogen (secondary N) is 1. The van der Waals surface area contributed by atoms with Gasteiger partial charge in [-0.3, -0.25) is 4.79 Å². The highest BCUT2D eigenvalue weighted by molar-refractivity contribution is 7.80. The summed E-state index contributed by atoms with van der Waals surface area (Å²) < 4.78 is 1.81. The molecule has 0 bridgehead atoms. The van der Waals surface area contributed by atoms with Crippen LogP contribution >= 0.6 is 23.8 Å². The van der Waals surface area contributed by atoms with Gasteiger partial charge in [-0.15, -0.1) is 6.58 Å². The summed E-state index contributed by atoms with van der Waals surface area (Å²) in [5.74, 6) is -0.0965. The number of anilines is 1. The largest absolute Gasteiger partial charge is 0.377 e. The molecule has 2 rings (SSSR count). The van der Waals surface area contributed by atoms with Gasteiger partial charge in [0.05, 0.1) is 0 Å². The van der Waals surface area contributed by atoms with Crippen LogP contribution in [0.4, 0.5) is 5.69 Å². The third kappa shape index (κ3) is 4.87. The molecule has 130 valence electrons. The predicted octanol–water partition coefficient (Wildman–Crippen LogP) is 3.22. The maximum Gasteiger partial charge on any atom is 0.270 e. The molecule has 0 aliphatic rings. The molecule has 2 aromatic rings. The number of halogens is 1. The highest BCUT2D eigenvalue weighted by Gasteiger charge is 2.33.